The Kier molecular flexibility index (Phi) is 4.57. The summed E-state index contributed by atoms with van der Waals surface area (Å²) in [6.45, 7) is 3.34. The van der Waals surface area contributed by atoms with Crippen LogP contribution in [0.25, 0.3) is 22.1 Å². The van der Waals surface area contributed by atoms with Crippen LogP contribution < -0.4 is 15.5 Å². The second-order valence-corrected chi connectivity index (χ2v) is 5.73. The van der Waals surface area contributed by atoms with Gasteiger partial charge in [0.15, 0.2) is 0 Å². The average Bonchev–Trinajstić information content (AvgIpc) is 2.61. The first kappa shape index (κ1) is 16.8. The van der Waals surface area contributed by atoms with Crippen LogP contribution in [-0.2, 0) is 11.2 Å². The molecule has 0 spiro atoms. The number of carboxylic acids is 1. The van der Waals surface area contributed by atoms with Crippen molar-refractivity contribution >= 4 is 16.9 Å². The van der Waals surface area contributed by atoms with E-state index in [9.17, 15) is 14.7 Å². The summed E-state index contributed by atoms with van der Waals surface area (Å²) < 4.78 is 10.8. The van der Waals surface area contributed by atoms with Gasteiger partial charge < -0.3 is 19.1 Å². The molecule has 0 saturated carbocycles. The molecule has 0 saturated heterocycles. The molecule has 3 rings (SSSR count). The molecular weight excluding hydrogens is 320 g/mol. The van der Waals surface area contributed by atoms with Gasteiger partial charge >= 0.3 is 5.63 Å². The van der Waals surface area contributed by atoms with Crippen molar-refractivity contribution in [3.8, 4) is 16.9 Å². The molecule has 0 aliphatic heterocycles. The van der Waals surface area contributed by atoms with Gasteiger partial charge in [0.05, 0.1) is 5.97 Å². The molecule has 5 nitrogen and oxygen atoms in total. The second-order valence-electron chi connectivity index (χ2n) is 5.73. The fourth-order valence-electron chi connectivity index (χ4n) is 2.72. The zero-order chi connectivity index (χ0) is 18.0. The lowest BCUT2D eigenvalue weighted by atomic mass is 9.99. The molecule has 5 heteroatoms. The molecule has 1 atom stereocenters. The van der Waals surface area contributed by atoms with Gasteiger partial charge in [0.1, 0.15) is 17.4 Å². The Morgan fingerprint density at radius 3 is 2.56 bits per heavy atom. The highest BCUT2D eigenvalue weighted by Crippen LogP contribution is 2.33. The molecule has 1 aromatic heterocycles. The van der Waals surface area contributed by atoms with Crippen molar-refractivity contribution in [2.45, 2.75) is 26.4 Å². The quantitative estimate of drug-likeness (QED) is 0.669. The smallest absolute Gasteiger partial charge is 0.336 e. The molecule has 25 heavy (non-hydrogen) atoms. The van der Waals surface area contributed by atoms with Crippen molar-refractivity contribution in [2.24, 2.45) is 0 Å². The Morgan fingerprint density at radius 1 is 1.20 bits per heavy atom. The van der Waals surface area contributed by atoms with Crippen LogP contribution in [0.2, 0.25) is 0 Å². The third-order valence-corrected chi connectivity index (χ3v) is 4.03. The van der Waals surface area contributed by atoms with Gasteiger partial charge in [0.25, 0.3) is 0 Å². The highest BCUT2D eigenvalue weighted by Gasteiger charge is 2.14. The Bertz CT molecular complexity index is 973. The Balaban J connectivity index is 2.22. The van der Waals surface area contributed by atoms with Crippen LogP contribution in [0.1, 0.15) is 19.4 Å². The lowest BCUT2D eigenvalue weighted by Crippen LogP contribution is -2.37. The minimum absolute atomic E-state index is 0.351. The zero-order valence-electron chi connectivity index (χ0n) is 13.9. The number of aliphatic carboxylic acids is 1. The van der Waals surface area contributed by atoms with Gasteiger partial charge in [-0.25, -0.2) is 4.79 Å². The van der Waals surface area contributed by atoms with Crippen LogP contribution >= 0.6 is 0 Å². The van der Waals surface area contributed by atoms with Crippen LogP contribution in [0.5, 0.6) is 5.75 Å². The monoisotopic (exact) mass is 337 g/mol. The number of carboxylic acid groups (broad SMARTS) is 1. The topological polar surface area (TPSA) is 79.6 Å². The van der Waals surface area contributed by atoms with E-state index in [1.807, 2.05) is 43.3 Å². The van der Waals surface area contributed by atoms with E-state index < -0.39 is 17.7 Å². The lowest BCUT2D eigenvalue weighted by molar-refractivity contribution is -0.312. The Morgan fingerprint density at radius 2 is 1.92 bits per heavy atom. The van der Waals surface area contributed by atoms with Gasteiger partial charge in [0.2, 0.25) is 0 Å². The number of fused-ring (bicyclic) bond motifs is 1. The maximum Gasteiger partial charge on any atom is 0.336 e. The number of carbonyl (C=O) groups excluding carboxylic acids is 1. The molecule has 3 aromatic rings. The van der Waals surface area contributed by atoms with Gasteiger partial charge in [-0.3, -0.25) is 0 Å². The maximum atomic E-state index is 12.0. The molecule has 2 aromatic carbocycles. The van der Waals surface area contributed by atoms with E-state index in [2.05, 4.69) is 0 Å². The van der Waals surface area contributed by atoms with Crippen molar-refractivity contribution in [1.29, 1.82) is 0 Å². The van der Waals surface area contributed by atoms with Crippen LogP contribution in [0.3, 0.4) is 0 Å². The summed E-state index contributed by atoms with van der Waals surface area (Å²) in [5, 5.41) is 11.7. The van der Waals surface area contributed by atoms with Crippen molar-refractivity contribution < 1.29 is 19.1 Å². The maximum absolute atomic E-state index is 12.0. The number of aryl methyl sites for hydroxylation is 1. The minimum atomic E-state index is -1.30. The van der Waals surface area contributed by atoms with Gasteiger partial charge in [-0.2, -0.15) is 0 Å². The summed E-state index contributed by atoms with van der Waals surface area (Å²) in [7, 11) is 0. The first-order valence-electron chi connectivity index (χ1n) is 8.03. The predicted molar refractivity (Wildman–Crippen MR) is 92.4 cm³/mol. The fraction of sp³-hybridized carbons (Fsp3) is 0.200. The highest BCUT2D eigenvalue weighted by atomic mass is 16.5. The van der Waals surface area contributed by atoms with E-state index >= 15 is 0 Å². The molecule has 0 bridgehead atoms. The third-order valence-electron chi connectivity index (χ3n) is 4.03. The number of carbonyl (C=O) groups is 1. The molecule has 0 N–H and O–H groups in total. The van der Waals surface area contributed by atoms with Crippen LogP contribution in [0, 0.1) is 0 Å². The van der Waals surface area contributed by atoms with E-state index in [4.69, 9.17) is 9.15 Å². The van der Waals surface area contributed by atoms with Gasteiger partial charge in [-0.1, -0.05) is 37.3 Å². The van der Waals surface area contributed by atoms with Crippen LogP contribution in [0.15, 0.2) is 57.7 Å². The average molecular weight is 337 g/mol. The lowest BCUT2D eigenvalue weighted by Gasteiger charge is -2.18. The molecule has 0 unspecified atom stereocenters. The summed E-state index contributed by atoms with van der Waals surface area (Å²) in [5.41, 5.74) is 2.37. The summed E-state index contributed by atoms with van der Waals surface area (Å²) in [6.07, 6.45) is -0.468. The second kappa shape index (κ2) is 6.81. The van der Waals surface area contributed by atoms with Crippen molar-refractivity contribution in [1.82, 2.24) is 0 Å². The van der Waals surface area contributed by atoms with E-state index in [1.54, 1.807) is 6.07 Å². The van der Waals surface area contributed by atoms with E-state index in [0.29, 0.717) is 17.8 Å². The molecule has 128 valence electrons. The predicted octanol–water partition coefficient (Wildman–Crippen LogP) is 2.54. The van der Waals surface area contributed by atoms with Gasteiger partial charge in [-0.05, 0) is 36.1 Å². The molecule has 0 fully saturated rings. The number of rotatable bonds is 5. The van der Waals surface area contributed by atoms with Crippen molar-refractivity contribution in [3.63, 3.8) is 0 Å². The summed E-state index contributed by atoms with van der Waals surface area (Å²) in [6, 6.07) is 14.4. The van der Waals surface area contributed by atoms with E-state index in [-0.39, 0.29) is 0 Å². The number of hydrogen-bond donors (Lipinski definition) is 0. The van der Waals surface area contributed by atoms with Crippen LogP contribution in [0.4, 0.5) is 0 Å². The molecule has 0 aliphatic carbocycles. The number of ether oxygens (including phenoxy) is 1. The zero-order valence-corrected chi connectivity index (χ0v) is 13.9. The van der Waals surface area contributed by atoms with Crippen LogP contribution in [-0.4, -0.2) is 12.1 Å². The molecule has 0 radical (unpaired) electrons. The Labute approximate surface area is 144 Å². The first-order chi connectivity index (χ1) is 12.0. The van der Waals surface area contributed by atoms with E-state index in [1.165, 1.54) is 13.0 Å². The van der Waals surface area contributed by atoms with E-state index in [0.717, 1.165) is 22.1 Å². The normalized spacial score (nSPS) is 12.1. The summed E-state index contributed by atoms with van der Waals surface area (Å²) in [4.78, 5) is 22.9. The van der Waals surface area contributed by atoms with Crippen molar-refractivity contribution in [2.75, 3.05) is 0 Å². The minimum Gasteiger partial charge on any atom is -0.546 e. The molecule has 0 aliphatic rings. The summed E-state index contributed by atoms with van der Waals surface area (Å²) in [5.74, 6) is -0.929. The van der Waals surface area contributed by atoms with Crippen molar-refractivity contribution in [3.05, 3.63) is 64.5 Å². The fourth-order valence-corrected chi connectivity index (χ4v) is 2.72. The van der Waals surface area contributed by atoms with Gasteiger partial charge in [-0.15, -0.1) is 0 Å². The summed E-state index contributed by atoms with van der Waals surface area (Å²) >= 11 is 0. The molecular formula is C20H17O5-. The molecule has 1 heterocycles. The van der Waals surface area contributed by atoms with Gasteiger partial charge in [0, 0.05) is 17.5 Å². The molecule has 0 amide bonds. The number of hydrogen-bond acceptors (Lipinski definition) is 5. The standard InChI is InChI=1S/C20H18O5/c1-3-13-9-16-15(14-7-5-4-6-8-14)10-19(21)25-18(16)11-17(13)24-12(2)20(22)23/h4-12H,3H2,1-2H3,(H,22,23)/p-1/t12-/m0/s1. The highest BCUT2D eigenvalue weighted by molar-refractivity contribution is 5.94. The third kappa shape index (κ3) is 3.40. The SMILES string of the molecule is CCc1cc2c(-c3ccccc3)cc(=O)oc2cc1O[C@@H](C)C(=O)[O-]. The number of benzene rings is 2. The Hall–Kier alpha value is -3.08. The first-order valence-corrected chi connectivity index (χ1v) is 8.03. The largest absolute Gasteiger partial charge is 0.546 e.